The monoisotopic (exact) mass is 147 g/mol. The number of oxime groups is 1. The van der Waals surface area contributed by atoms with Crippen LogP contribution in [-0.2, 0) is 14.3 Å². The number of methoxy groups -OCH3 is 2. The Labute approximate surface area is 58.2 Å². The van der Waals surface area contributed by atoms with Gasteiger partial charge in [0.1, 0.15) is 0 Å². The van der Waals surface area contributed by atoms with Crippen molar-refractivity contribution in [3.8, 4) is 0 Å². The minimum atomic E-state index is -0.690. The molecule has 0 aromatic rings. The van der Waals surface area contributed by atoms with Gasteiger partial charge >= 0.3 is 5.97 Å². The summed E-state index contributed by atoms with van der Waals surface area (Å²) in [5, 5.41) is 10.8. The highest BCUT2D eigenvalue weighted by molar-refractivity contribution is 6.36. The maximum atomic E-state index is 10.5. The van der Waals surface area contributed by atoms with Gasteiger partial charge in [0, 0.05) is 7.11 Å². The quantitative estimate of drug-likeness (QED) is 0.256. The van der Waals surface area contributed by atoms with Gasteiger partial charge in [0.2, 0.25) is 0 Å². The van der Waals surface area contributed by atoms with E-state index in [2.05, 4.69) is 14.6 Å². The number of hydrogen-bond acceptors (Lipinski definition) is 5. The van der Waals surface area contributed by atoms with Crippen LogP contribution in [0.5, 0.6) is 0 Å². The van der Waals surface area contributed by atoms with Crippen molar-refractivity contribution in [3.63, 3.8) is 0 Å². The van der Waals surface area contributed by atoms with Crippen molar-refractivity contribution in [1.82, 2.24) is 0 Å². The summed E-state index contributed by atoms with van der Waals surface area (Å²) in [6.45, 7) is -0.0524. The molecule has 5 heteroatoms. The third-order valence-electron chi connectivity index (χ3n) is 0.823. The Balaban J connectivity index is 3.95. The maximum Gasteiger partial charge on any atom is 0.358 e. The maximum absolute atomic E-state index is 10.5. The van der Waals surface area contributed by atoms with Crippen molar-refractivity contribution in [2.45, 2.75) is 0 Å². The van der Waals surface area contributed by atoms with Gasteiger partial charge in [-0.15, -0.1) is 0 Å². The lowest BCUT2D eigenvalue weighted by Gasteiger charge is -1.98. The van der Waals surface area contributed by atoms with Crippen LogP contribution >= 0.6 is 0 Å². The molecule has 0 aromatic heterocycles. The van der Waals surface area contributed by atoms with Crippen LogP contribution in [0.4, 0.5) is 0 Å². The molecule has 5 nitrogen and oxygen atoms in total. The van der Waals surface area contributed by atoms with E-state index in [9.17, 15) is 4.79 Å². The Morgan fingerprint density at radius 1 is 1.60 bits per heavy atom. The Morgan fingerprint density at radius 3 is 2.50 bits per heavy atom. The third-order valence-corrected chi connectivity index (χ3v) is 0.823. The Morgan fingerprint density at radius 2 is 2.20 bits per heavy atom. The van der Waals surface area contributed by atoms with E-state index >= 15 is 0 Å². The number of carbonyl (C=O) groups is 1. The molecule has 58 valence electrons. The zero-order chi connectivity index (χ0) is 7.98. The van der Waals surface area contributed by atoms with Crippen LogP contribution in [-0.4, -0.2) is 37.7 Å². The fraction of sp³-hybridized carbons (Fsp3) is 0.600. The first-order valence-electron chi connectivity index (χ1n) is 2.54. The summed E-state index contributed by atoms with van der Waals surface area (Å²) < 4.78 is 8.77. The lowest BCUT2D eigenvalue weighted by molar-refractivity contribution is -0.133. The molecule has 0 bridgehead atoms. The second kappa shape index (κ2) is 4.75. The molecule has 0 rings (SSSR count). The van der Waals surface area contributed by atoms with Crippen LogP contribution in [0.3, 0.4) is 0 Å². The van der Waals surface area contributed by atoms with Crippen molar-refractivity contribution < 1.29 is 19.5 Å². The molecular weight excluding hydrogens is 138 g/mol. The van der Waals surface area contributed by atoms with Crippen molar-refractivity contribution >= 4 is 11.7 Å². The summed E-state index contributed by atoms with van der Waals surface area (Å²) in [4.78, 5) is 10.5. The molecular formula is C5H9NO4. The first kappa shape index (κ1) is 8.90. The number of ether oxygens (including phenoxy) is 2. The van der Waals surface area contributed by atoms with Crippen LogP contribution < -0.4 is 0 Å². The van der Waals surface area contributed by atoms with E-state index < -0.39 is 5.97 Å². The van der Waals surface area contributed by atoms with Crippen LogP contribution in [0.1, 0.15) is 0 Å². The Hall–Kier alpha value is -1.10. The first-order chi connectivity index (χ1) is 4.76. The standard InChI is InChI=1S/C5H9NO4/c1-9-3-4(6-8)5(7)10-2/h8H,3H2,1-2H3/b6-4-. The normalized spacial score (nSPS) is 11.2. The molecule has 0 aliphatic rings. The molecule has 0 spiro atoms. The zero-order valence-corrected chi connectivity index (χ0v) is 5.83. The van der Waals surface area contributed by atoms with E-state index in [1.165, 1.54) is 14.2 Å². The van der Waals surface area contributed by atoms with E-state index in [4.69, 9.17) is 5.21 Å². The first-order valence-corrected chi connectivity index (χ1v) is 2.54. The molecule has 0 unspecified atom stereocenters. The largest absolute Gasteiger partial charge is 0.464 e. The molecule has 0 atom stereocenters. The highest BCUT2D eigenvalue weighted by Crippen LogP contribution is 1.82. The van der Waals surface area contributed by atoms with E-state index in [0.717, 1.165) is 0 Å². The van der Waals surface area contributed by atoms with Crippen LogP contribution in [0.2, 0.25) is 0 Å². The summed E-state index contributed by atoms with van der Waals surface area (Å²) in [5.41, 5.74) is -0.148. The smallest absolute Gasteiger partial charge is 0.358 e. The van der Waals surface area contributed by atoms with E-state index in [1.54, 1.807) is 0 Å². The van der Waals surface area contributed by atoms with E-state index in [0.29, 0.717) is 0 Å². The third kappa shape index (κ3) is 2.45. The molecule has 0 aliphatic carbocycles. The topological polar surface area (TPSA) is 68.1 Å². The zero-order valence-electron chi connectivity index (χ0n) is 5.83. The number of carbonyl (C=O) groups excluding carboxylic acids is 1. The van der Waals surface area contributed by atoms with Gasteiger partial charge in [-0.25, -0.2) is 4.79 Å². The van der Waals surface area contributed by atoms with Gasteiger partial charge in [0.15, 0.2) is 5.71 Å². The summed E-state index contributed by atoms with van der Waals surface area (Å²) in [6, 6.07) is 0. The molecule has 0 aliphatic heterocycles. The lowest BCUT2D eigenvalue weighted by Crippen LogP contribution is -2.20. The molecule has 0 saturated heterocycles. The number of rotatable bonds is 3. The van der Waals surface area contributed by atoms with Gasteiger partial charge in [-0.3, -0.25) is 0 Å². The van der Waals surface area contributed by atoms with Gasteiger partial charge in [0.25, 0.3) is 0 Å². The van der Waals surface area contributed by atoms with Gasteiger partial charge in [0.05, 0.1) is 13.7 Å². The fourth-order valence-electron chi connectivity index (χ4n) is 0.383. The number of nitrogens with zero attached hydrogens (tertiary/aromatic N) is 1. The highest BCUT2D eigenvalue weighted by atomic mass is 16.5. The average molecular weight is 147 g/mol. The lowest BCUT2D eigenvalue weighted by atomic mass is 10.4. The minimum absolute atomic E-state index is 0.0524. The summed E-state index contributed by atoms with van der Waals surface area (Å²) >= 11 is 0. The second-order valence-electron chi connectivity index (χ2n) is 1.47. The second-order valence-corrected chi connectivity index (χ2v) is 1.47. The predicted octanol–water partition coefficient (Wildman–Crippen LogP) is -0.364. The van der Waals surface area contributed by atoms with E-state index in [1.807, 2.05) is 0 Å². The number of esters is 1. The Bertz CT molecular complexity index is 143. The van der Waals surface area contributed by atoms with Gasteiger partial charge in [-0.05, 0) is 0 Å². The predicted molar refractivity (Wildman–Crippen MR) is 33.1 cm³/mol. The molecule has 0 fully saturated rings. The summed E-state index contributed by atoms with van der Waals surface area (Å²) in [6.07, 6.45) is 0. The molecule has 0 aromatic carbocycles. The number of hydrogen-bond donors (Lipinski definition) is 1. The van der Waals surface area contributed by atoms with Gasteiger partial charge < -0.3 is 14.7 Å². The molecule has 0 radical (unpaired) electrons. The summed E-state index contributed by atoms with van der Waals surface area (Å²) in [5.74, 6) is -0.690. The van der Waals surface area contributed by atoms with Crippen molar-refractivity contribution in [2.75, 3.05) is 20.8 Å². The molecule has 0 saturated carbocycles. The van der Waals surface area contributed by atoms with Crippen LogP contribution in [0, 0.1) is 0 Å². The minimum Gasteiger partial charge on any atom is -0.464 e. The van der Waals surface area contributed by atoms with Crippen molar-refractivity contribution in [3.05, 3.63) is 0 Å². The molecule has 1 N–H and O–H groups in total. The van der Waals surface area contributed by atoms with E-state index in [-0.39, 0.29) is 12.3 Å². The van der Waals surface area contributed by atoms with Crippen LogP contribution in [0.25, 0.3) is 0 Å². The van der Waals surface area contributed by atoms with Crippen LogP contribution in [0.15, 0.2) is 5.16 Å². The Kier molecular flexibility index (Phi) is 4.23. The van der Waals surface area contributed by atoms with Gasteiger partial charge in [-0.1, -0.05) is 5.16 Å². The van der Waals surface area contributed by atoms with Crippen molar-refractivity contribution in [1.29, 1.82) is 0 Å². The fourth-order valence-corrected chi connectivity index (χ4v) is 0.383. The van der Waals surface area contributed by atoms with Gasteiger partial charge in [-0.2, -0.15) is 0 Å². The highest BCUT2D eigenvalue weighted by Gasteiger charge is 2.10. The molecule has 0 heterocycles. The molecule has 10 heavy (non-hydrogen) atoms. The van der Waals surface area contributed by atoms with Crippen molar-refractivity contribution in [2.24, 2.45) is 5.16 Å². The summed E-state index contributed by atoms with van der Waals surface area (Å²) in [7, 11) is 2.58. The SMILES string of the molecule is COC/C(=N/O)C(=O)OC. The molecule has 0 amide bonds. The average Bonchev–Trinajstić information content (AvgIpc) is 1.99.